The zero-order valence-corrected chi connectivity index (χ0v) is 12.8. The van der Waals surface area contributed by atoms with Gasteiger partial charge < -0.3 is 5.73 Å². The van der Waals surface area contributed by atoms with Gasteiger partial charge in [0.2, 0.25) is 0 Å². The lowest BCUT2D eigenvalue weighted by atomic mass is 9.84. The third-order valence-electron chi connectivity index (χ3n) is 4.29. The van der Waals surface area contributed by atoms with Gasteiger partial charge in [0.1, 0.15) is 0 Å². The largest absolute Gasteiger partial charge is 0.326 e. The Bertz CT molecular complexity index is 420. The van der Waals surface area contributed by atoms with Gasteiger partial charge in [-0.3, -0.25) is 4.90 Å². The Morgan fingerprint density at radius 3 is 2.58 bits per heavy atom. The standard InChI is InChI=1S/C17H28N2/c1-5-13-9-6-7-10-14(13)16-15(18)11-8-12-19(16)17(2,3)4/h6-7,9-10,15-16H,5,8,11-12,18H2,1-4H3. The summed E-state index contributed by atoms with van der Waals surface area (Å²) in [6, 6.07) is 9.42. The SMILES string of the molecule is CCc1ccccc1C1C(N)CCCN1C(C)(C)C. The molecule has 1 aromatic rings. The van der Waals surface area contributed by atoms with Crippen LogP contribution in [0, 0.1) is 0 Å². The van der Waals surface area contributed by atoms with Crippen LogP contribution < -0.4 is 5.73 Å². The van der Waals surface area contributed by atoms with Gasteiger partial charge in [-0.25, -0.2) is 0 Å². The Morgan fingerprint density at radius 2 is 1.95 bits per heavy atom. The first kappa shape index (κ1) is 14.5. The Hall–Kier alpha value is -0.860. The molecule has 0 aliphatic carbocycles. The van der Waals surface area contributed by atoms with E-state index in [0.717, 1.165) is 19.4 Å². The minimum absolute atomic E-state index is 0.170. The molecule has 2 heteroatoms. The Kier molecular flexibility index (Phi) is 4.32. The highest BCUT2D eigenvalue weighted by Crippen LogP contribution is 2.36. The number of hydrogen-bond donors (Lipinski definition) is 1. The number of piperidine rings is 1. The molecular weight excluding hydrogens is 232 g/mol. The van der Waals surface area contributed by atoms with Crippen LogP contribution in [0.2, 0.25) is 0 Å². The van der Waals surface area contributed by atoms with Gasteiger partial charge in [-0.15, -0.1) is 0 Å². The van der Waals surface area contributed by atoms with Crippen molar-refractivity contribution < 1.29 is 0 Å². The monoisotopic (exact) mass is 260 g/mol. The zero-order valence-electron chi connectivity index (χ0n) is 12.8. The summed E-state index contributed by atoms with van der Waals surface area (Å²) in [5.41, 5.74) is 9.53. The summed E-state index contributed by atoms with van der Waals surface area (Å²) in [5.74, 6) is 0. The zero-order chi connectivity index (χ0) is 14.0. The Morgan fingerprint density at radius 1 is 1.26 bits per heavy atom. The predicted octanol–water partition coefficient (Wildman–Crippen LogP) is 3.51. The number of nitrogens with zero attached hydrogens (tertiary/aromatic N) is 1. The molecule has 1 aliphatic heterocycles. The summed E-state index contributed by atoms with van der Waals surface area (Å²) in [6.45, 7) is 10.3. The van der Waals surface area contributed by atoms with Crippen LogP contribution in [0.15, 0.2) is 24.3 Å². The molecular formula is C17H28N2. The van der Waals surface area contributed by atoms with Crippen LogP contribution in [-0.4, -0.2) is 23.0 Å². The summed E-state index contributed by atoms with van der Waals surface area (Å²) in [6.07, 6.45) is 3.43. The summed E-state index contributed by atoms with van der Waals surface area (Å²) in [5, 5.41) is 0. The quantitative estimate of drug-likeness (QED) is 0.881. The van der Waals surface area contributed by atoms with E-state index in [1.807, 2.05) is 0 Å². The second-order valence-electron chi connectivity index (χ2n) is 6.67. The molecule has 2 N–H and O–H groups in total. The van der Waals surface area contributed by atoms with Crippen LogP contribution in [-0.2, 0) is 6.42 Å². The van der Waals surface area contributed by atoms with Gasteiger partial charge in [-0.1, -0.05) is 31.2 Å². The molecule has 1 fully saturated rings. The first-order chi connectivity index (χ1) is 8.95. The lowest BCUT2D eigenvalue weighted by Crippen LogP contribution is -2.53. The molecule has 2 nitrogen and oxygen atoms in total. The number of likely N-dealkylation sites (tertiary alicyclic amines) is 1. The van der Waals surface area contributed by atoms with Crippen LogP contribution in [0.25, 0.3) is 0 Å². The number of rotatable bonds is 2. The van der Waals surface area contributed by atoms with Gasteiger partial charge in [0.15, 0.2) is 0 Å². The first-order valence-electron chi connectivity index (χ1n) is 7.55. The molecule has 1 aromatic carbocycles. The smallest absolute Gasteiger partial charge is 0.0507 e. The maximum atomic E-state index is 6.48. The molecule has 0 bridgehead atoms. The third-order valence-corrected chi connectivity index (χ3v) is 4.29. The Balaban J connectivity index is 2.42. The molecule has 1 heterocycles. The number of benzene rings is 1. The lowest BCUT2D eigenvalue weighted by Gasteiger charge is -2.48. The summed E-state index contributed by atoms with van der Waals surface area (Å²) in [4.78, 5) is 2.59. The van der Waals surface area contributed by atoms with Crippen LogP contribution >= 0.6 is 0 Å². The fourth-order valence-electron chi connectivity index (χ4n) is 3.32. The minimum Gasteiger partial charge on any atom is -0.326 e. The maximum Gasteiger partial charge on any atom is 0.0507 e. The van der Waals surface area contributed by atoms with E-state index in [4.69, 9.17) is 5.73 Å². The van der Waals surface area contributed by atoms with Crippen molar-refractivity contribution in [2.24, 2.45) is 5.73 Å². The average molecular weight is 260 g/mol. The van der Waals surface area contributed by atoms with Gasteiger partial charge in [0, 0.05) is 11.6 Å². The van der Waals surface area contributed by atoms with E-state index in [0.29, 0.717) is 6.04 Å². The highest BCUT2D eigenvalue weighted by molar-refractivity contribution is 5.32. The summed E-state index contributed by atoms with van der Waals surface area (Å²) in [7, 11) is 0. The minimum atomic E-state index is 0.170. The molecule has 0 radical (unpaired) electrons. The fourth-order valence-corrected chi connectivity index (χ4v) is 3.32. The molecule has 2 atom stereocenters. The molecule has 0 amide bonds. The van der Waals surface area contributed by atoms with Crippen molar-refractivity contribution in [3.63, 3.8) is 0 Å². The van der Waals surface area contributed by atoms with Gasteiger partial charge in [-0.2, -0.15) is 0 Å². The van der Waals surface area contributed by atoms with Crippen LogP contribution in [0.1, 0.15) is 57.7 Å². The van der Waals surface area contributed by atoms with Gasteiger partial charge in [0.25, 0.3) is 0 Å². The van der Waals surface area contributed by atoms with Gasteiger partial charge in [0.05, 0.1) is 6.04 Å². The molecule has 0 saturated carbocycles. The van der Waals surface area contributed by atoms with Crippen molar-refractivity contribution in [1.82, 2.24) is 4.90 Å². The number of hydrogen-bond acceptors (Lipinski definition) is 2. The van der Waals surface area contributed by atoms with Crippen molar-refractivity contribution in [3.05, 3.63) is 35.4 Å². The topological polar surface area (TPSA) is 29.3 Å². The van der Waals surface area contributed by atoms with Crippen molar-refractivity contribution in [2.75, 3.05) is 6.54 Å². The van der Waals surface area contributed by atoms with Crippen LogP contribution in [0.4, 0.5) is 0 Å². The lowest BCUT2D eigenvalue weighted by molar-refractivity contribution is 0.0380. The molecule has 19 heavy (non-hydrogen) atoms. The van der Waals surface area contributed by atoms with E-state index >= 15 is 0 Å². The third kappa shape index (κ3) is 3.01. The van der Waals surface area contributed by atoms with E-state index in [9.17, 15) is 0 Å². The first-order valence-corrected chi connectivity index (χ1v) is 7.55. The van der Waals surface area contributed by atoms with Crippen molar-refractivity contribution in [3.8, 4) is 0 Å². The maximum absolute atomic E-state index is 6.48. The summed E-state index contributed by atoms with van der Waals surface area (Å²) >= 11 is 0. The van der Waals surface area contributed by atoms with Crippen molar-refractivity contribution >= 4 is 0 Å². The van der Waals surface area contributed by atoms with Crippen molar-refractivity contribution in [1.29, 1.82) is 0 Å². The average Bonchev–Trinajstić information content (AvgIpc) is 2.37. The van der Waals surface area contributed by atoms with E-state index in [2.05, 4.69) is 56.9 Å². The van der Waals surface area contributed by atoms with Crippen LogP contribution in [0.5, 0.6) is 0 Å². The number of nitrogens with two attached hydrogens (primary N) is 1. The molecule has 2 rings (SSSR count). The molecule has 1 aliphatic rings. The fraction of sp³-hybridized carbons (Fsp3) is 0.647. The van der Waals surface area contributed by atoms with Crippen molar-refractivity contribution in [2.45, 2.75) is 64.6 Å². The molecule has 106 valence electrons. The molecule has 2 unspecified atom stereocenters. The predicted molar refractivity (Wildman–Crippen MR) is 82.2 cm³/mol. The van der Waals surface area contributed by atoms with Gasteiger partial charge >= 0.3 is 0 Å². The highest BCUT2D eigenvalue weighted by atomic mass is 15.2. The number of aryl methyl sites for hydroxylation is 1. The molecule has 1 saturated heterocycles. The highest BCUT2D eigenvalue weighted by Gasteiger charge is 2.37. The normalized spacial score (nSPS) is 25.5. The van der Waals surface area contributed by atoms with E-state index in [1.165, 1.54) is 17.5 Å². The van der Waals surface area contributed by atoms with E-state index < -0.39 is 0 Å². The summed E-state index contributed by atoms with van der Waals surface area (Å²) < 4.78 is 0. The van der Waals surface area contributed by atoms with Crippen LogP contribution in [0.3, 0.4) is 0 Å². The second kappa shape index (κ2) is 5.64. The molecule has 0 spiro atoms. The second-order valence-corrected chi connectivity index (χ2v) is 6.67. The van der Waals surface area contributed by atoms with Gasteiger partial charge in [-0.05, 0) is 57.7 Å². The molecule has 0 aromatic heterocycles. The van der Waals surface area contributed by atoms with E-state index in [1.54, 1.807) is 0 Å². The Labute approximate surface area is 118 Å². The van der Waals surface area contributed by atoms with E-state index in [-0.39, 0.29) is 11.6 Å².